The highest BCUT2D eigenvalue weighted by Crippen LogP contribution is 2.26. The van der Waals surface area contributed by atoms with E-state index in [9.17, 15) is 18.8 Å². The molecule has 1 unspecified atom stereocenters. The van der Waals surface area contributed by atoms with E-state index in [0.29, 0.717) is 6.07 Å². The van der Waals surface area contributed by atoms with Crippen LogP contribution in [0.4, 0.5) is 26.4 Å². The van der Waals surface area contributed by atoms with Crippen LogP contribution in [0.15, 0.2) is 41.2 Å². The molecular weight excluding hydrogens is 482 g/mol. The maximum Gasteiger partial charge on any atom is 0.267 e. The first-order valence-electron chi connectivity index (χ1n) is 10.0. The van der Waals surface area contributed by atoms with Crippen LogP contribution >= 0.6 is 11.6 Å². The lowest BCUT2D eigenvalue weighted by atomic mass is 10.2. The minimum absolute atomic E-state index is 0.0123. The lowest BCUT2D eigenvalue weighted by molar-refractivity contribution is 0.104. The number of nitrogen functional groups attached to an aromatic ring is 2. The molecule has 10 nitrogen and oxygen atoms in total. The van der Waals surface area contributed by atoms with Crippen molar-refractivity contribution >= 4 is 40.1 Å². The zero-order chi connectivity index (χ0) is 25.3. The van der Waals surface area contributed by atoms with Crippen molar-refractivity contribution in [2.45, 2.75) is 6.10 Å². The van der Waals surface area contributed by atoms with E-state index >= 15 is 0 Å². The first kappa shape index (κ1) is 23.8. The maximum absolute atomic E-state index is 14.1. The molecule has 0 saturated carbocycles. The number of methoxy groups -OCH3 is 1. The van der Waals surface area contributed by atoms with Crippen LogP contribution in [0.5, 0.6) is 0 Å². The van der Waals surface area contributed by atoms with Crippen LogP contribution in [0.3, 0.4) is 0 Å². The monoisotopic (exact) mass is 498 g/mol. The molecule has 1 atom stereocenters. The van der Waals surface area contributed by atoms with Gasteiger partial charge in [-0.15, -0.1) is 0 Å². The molecule has 35 heavy (non-hydrogen) atoms. The fourth-order valence-corrected chi connectivity index (χ4v) is 3.79. The molecule has 0 spiro atoms. The third kappa shape index (κ3) is 4.54. The molecule has 13 heteroatoms. The van der Waals surface area contributed by atoms with Crippen LogP contribution in [0, 0.1) is 23.0 Å². The molecule has 0 radical (unpaired) electrons. The summed E-state index contributed by atoms with van der Waals surface area (Å²) in [5.74, 6) is -2.03. The molecule has 178 valence electrons. The number of nitrogens with zero attached hydrogens (tertiary/aromatic N) is 5. The Labute approximate surface area is 201 Å². The number of rotatable bonds is 6. The van der Waals surface area contributed by atoms with E-state index in [4.69, 9.17) is 27.8 Å². The highest BCUT2D eigenvalue weighted by Gasteiger charge is 2.24. The van der Waals surface area contributed by atoms with Gasteiger partial charge in [-0.05, 0) is 24.3 Å². The van der Waals surface area contributed by atoms with E-state index in [0.717, 1.165) is 16.7 Å². The predicted molar refractivity (Wildman–Crippen MR) is 126 cm³/mol. The Morgan fingerprint density at radius 3 is 2.57 bits per heavy atom. The number of ether oxygens (including phenoxy) is 1. The molecule has 2 heterocycles. The van der Waals surface area contributed by atoms with Gasteiger partial charge in [-0.25, -0.2) is 13.8 Å². The molecule has 0 aliphatic heterocycles. The highest BCUT2D eigenvalue weighted by molar-refractivity contribution is 6.35. The molecule has 0 aliphatic carbocycles. The summed E-state index contributed by atoms with van der Waals surface area (Å²) in [5, 5.41) is 12.5. The summed E-state index contributed by atoms with van der Waals surface area (Å²) < 4.78 is 34.7. The summed E-state index contributed by atoms with van der Waals surface area (Å²) in [6, 6.07) is 9.22. The van der Waals surface area contributed by atoms with Crippen LogP contribution in [0.1, 0.15) is 17.5 Å². The Balaban J connectivity index is 1.89. The van der Waals surface area contributed by atoms with Crippen molar-refractivity contribution in [1.82, 2.24) is 19.5 Å². The van der Waals surface area contributed by atoms with Crippen molar-refractivity contribution in [2.24, 2.45) is 0 Å². The number of benzene rings is 2. The smallest absolute Gasteiger partial charge is 0.267 e. The van der Waals surface area contributed by atoms with Crippen molar-refractivity contribution in [3.63, 3.8) is 0 Å². The Kier molecular flexibility index (Phi) is 6.46. The van der Waals surface area contributed by atoms with Gasteiger partial charge in [0.25, 0.3) is 5.56 Å². The minimum atomic E-state index is -0.971. The molecule has 2 aromatic heterocycles. The number of nitriles is 1. The van der Waals surface area contributed by atoms with Crippen molar-refractivity contribution in [1.29, 1.82) is 5.26 Å². The lowest BCUT2D eigenvalue weighted by Gasteiger charge is -2.22. The second-order valence-electron chi connectivity index (χ2n) is 7.28. The summed E-state index contributed by atoms with van der Waals surface area (Å²) in [6.45, 7) is -0.0859. The van der Waals surface area contributed by atoms with Gasteiger partial charge < -0.3 is 21.5 Å². The summed E-state index contributed by atoms with van der Waals surface area (Å²) >= 11 is 6.24. The number of anilines is 3. The number of fused-ring (bicyclic) bond motifs is 1. The van der Waals surface area contributed by atoms with Gasteiger partial charge in [0.2, 0.25) is 5.95 Å². The fourth-order valence-electron chi connectivity index (χ4n) is 3.54. The zero-order valence-electron chi connectivity index (χ0n) is 18.1. The first-order chi connectivity index (χ1) is 16.7. The van der Waals surface area contributed by atoms with E-state index in [1.807, 2.05) is 6.07 Å². The molecule has 0 fully saturated rings. The molecule has 2 aromatic carbocycles. The van der Waals surface area contributed by atoms with Crippen LogP contribution in [-0.2, 0) is 4.74 Å². The third-order valence-corrected chi connectivity index (χ3v) is 5.39. The van der Waals surface area contributed by atoms with Gasteiger partial charge in [0, 0.05) is 19.7 Å². The summed E-state index contributed by atoms with van der Waals surface area (Å²) in [4.78, 5) is 25.7. The minimum Gasteiger partial charge on any atom is -0.382 e. The molecule has 0 aliphatic rings. The Morgan fingerprint density at radius 2 is 1.91 bits per heavy atom. The molecule has 0 saturated heterocycles. The molecule has 4 aromatic rings. The fraction of sp³-hybridized carbons (Fsp3) is 0.136. The number of aromatic nitrogens is 4. The molecular formula is C22H17ClF2N8O2. The first-order valence-corrected chi connectivity index (χ1v) is 10.4. The largest absolute Gasteiger partial charge is 0.382 e. The predicted octanol–water partition coefficient (Wildman–Crippen LogP) is 2.94. The number of hydrogen-bond donors (Lipinski definition) is 3. The van der Waals surface area contributed by atoms with Gasteiger partial charge in [-0.1, -0.05) is 17.7 Å². The average Bonchev–Trinajstić information content (AvgIpc) is 2.78. The number of nitrogens with one attached hydrogen (secondary N) is 1. The average molecular weight is 499 g/mol. The van der Waals surface area contributed by atoms with Crippen LogP contribution < -0.4 is 22.3 Å². The lowest BCUT2D eigenvalue weighted by Crippen LogP contribution is -2.29. The number of nitrogens with two attached hydrogens (primary N) is 2. The van der Waals surface area contributed by atoms with Crippen LogP contribution in [-0.4, -0.2) is 33.2 Å². The SMILES string of the molecule is COC(CNc1nc(N)nc(N)c1C#N)c1nc2cccc(Cl)c2c(=O)n1-c1cc(F)cc(F)c1. The number of halogens is 3. The van der Waals surface area contributed by atoms with Crippen molar-refractivity contribution in [3.8, 4) is 11.8 Å². The van der Waals surface area contributed by atoms with Gasteiger partial charge in [0.1, 0.15) is 41.0 Å². The van der Waals surface area contributed by atoms with Crippen molar-refractivity contribution in [2.75, 3.05) is 30.4 Å². The second-order valence-corrected chi connectivity index (χ2v) is 7.69. The van der Waals surface area contributed by atoms with Crippen molar-refractivity contribution in [3.05, 3.63) is 74.8 Å². The van der Waals surface area contributed by atoms with Gasteiger partial charge in [0.15, 0.2) is 5.82 Å². The quantitative estimate of drug-likeness (QED) is 0.363. The second kappa shape index (κ2) is 9.49. The zero-order valence-corrected chi connectivity index (χ0v) is 18.8. The van der Waals surface area contributed by atoms with Crippen LogP contribution in [0.2, 0.25) is 5.02 Å². The van der Waals surface area contributed by atoms with Gasteiger partial charge in [-0.2, -0.15) is 15.2 Å². The Bertz CT molecular complexity index is 1530. The van der Waals surface area contributed by atoms with E-state index in [-0.39, 0.29) is 57.1 Å². The van der Waals surface area contributed by atoms with E-state index in [1.54, 1.807) is 12.1 Å². The van der Waals surface area contributed by atoms with E-state index in [1.165, 1.54) is 13.2 Å². The van der Waals surface area contributed by atoms with E-state index < -0.39 is 23.3 Å². The van der Waals surface area contributed by atoms with Crippen molar-refractivity contribution < 1.29 is 13.5 Å². The summed E-state index contributed by atoms with van der Waals surface area (Å²) in [7, 11) is 1.35. The standard InChI is InChI=1S/C22H17ClF2N8O2/c1-35-16(9-29-19-13(8-26)18(27)31-22(28)32-19)20-30-15-4-2-3-14(23)17(15)21(34)33(20)12-6-10(24)5-11(25)7-12/h2-7,16H,9H2,1H3,(H5,27,28,29,31,32). The van der Waals surface area contributed by atoms with Gasteiger partial charge in [0.05, 0.1) is 21.6 Å². The Morgan fingerprint density at radius 1 is 1.20 bits per heavy atom. The topological polar surface area (TPSA) is 158 Å². The molecule has 0 bridgehead atoms. The Hall–Kier alpha value is -4.34. The maximum atomic E-state index is 14.1. The van der Waals surface area contributed by atoms with E-state index in [2.05, 4.69) is 20.3 Å². The summed E-state index contributed by atoms with van der Waals surface area (Å²) in [5.41, 5.74) is 10.8. The van der Waals surface area contributed by atoms with Gasteiger partial charge >= 0.3 is 0 Å². The highest BCUT2D eigenvalue weighted by atomic mass is 35.5. The molecule has 0 amide bonds. The van der Waals surface area contributed by atoms with Crippen LogP contribution in [0.25, 0.3) is 16.6 Å². The number of hydrogen-bond acceptors (Lipinski definition) is 9. The third-order valence-electron chi connectivity index (χ3n) is 5.07. The normalized spacial score (nSPS) is 11.9. The van der Waals surface area contributed by atoms with Gasteiger partial charge in [-0.3, -0.25) is 9.36 Å². The molecule has 4 rings (SSSR count). The summed E-state index contributed by atoms with van der Waals surface area (Å²) in [6.07, 6.45) is -0.971. The molecule has 5 N–H and O–H groups in total.